The third kappa shape index (κ3) is 3.58. The van der Waals surface area contributed by atoms with Crippen molar-refractivity contribution in [2.45, 2.75) is 19.8 Å². The molecule has 0 spiro atoms. The minimum Gasteiger partial charge on any atom is -0.396 e. The first-order valence-electron chi connectivity index (χ1n) is 7.23. The lowest BCUT2D eigenvalue weighted by molar-refractivity contribution is 0.0945. The summed E-state index contributed by atoms with van der Waals surface area (Å²) in [4.78, 5) is 12.3. The smallest absolute Gasteiger partial charge is 0.251 e. The lowest BCUT2D eigenvalue weighted by Gasteiger charge is -2.15. The molecule has 2 aromatic carbocycles. The summed E-state index contributed by atoms with van der Waals surface area (Å²) in [5.41, 5.74) is 0.478. The Morgan fingerprint density at radius 2 is 1.95 bits per heavy atom. The molecular formula is C17H20FNO2. The van der Waals surface area contributed by atoms with E-state index < -0.39 is 0 Å². The highest BCUT2D eigenvalue weighted by Crippen LogP contribution is 2.21. The van der Waals surface area contributed by atoms with Crippen LogP contribution in [0.15, 0.2) is 36.4 Å². The van der Waals surface area contributed by atoms with Crippen LogP contribution in [-0.4, -0.2) is 24.2 Å². The van der Waals surface area contributed by atoms with Crippen molar-refractivity contribution < 1.29 is 14.3 Å². The summed E-state index contributed by atoms with van der Waals surface area (Å²) in [6.07, 6.45) is 1.56. The van der Waals surface area contributed by atoms with Gasteiger partial charge in [0.2, 0.25) is 0 Å². The molecule has 0 aromatic heterocycles. The van der Waals surface area contributed by atoms with E-state index in [1.807, 2.05) is 6.92 Å². The van der Waals surface area contributed by atoms with Gasteiger partial charge in [0.05, 0.1) is 0 Å². The average Bonchev–Trinajstić information content (AvgIpc) is 2.51. The van der Waals surface area contributed by atoms with E-state index in [4.69, 9.17) is 5.11 Å². The van der Waals surface area contributed by atoms with Gasteiger partial charge in [-0.1, -0.05) is 37.6 Å². The molecule has 1 unspecified atom stereocenters. The molecule has 0 aliphatic carbocycles. The fourth-order valence-corrected chi connectivity index (χ4v) is 2.43. The van der Waals surface area contributed by atoms with Gasteiger partial charge in [-0.3, -0.25) is 4.79 Å². The fraction of sp³-hybridized carbons (Fsp3) is 0.353. The molecule has 21 heavy (non-hydrogen) atoms. The van der Waals surface area contributed by atoms with Crippen molar-refractivity contribution in [2.24, 2.45) is 5.92 Å². The summed E-state index contributed by atoms with van der Waals surface area (Å²) in [6, 6.07) is 9.79. The Labute approximate surface area is 123 Å². The molecule has 0 heterocycles. The predicted octanol–water partition coefficient (Wildman–Crippen LogP) is 3.12. The molecule has 0 saturated carbocycles. The van der Waals surface area contributed by atoms with Crippen molar-refractivity contribution in [2.75, 3.05) is 13.2 Å². The summed E-state index contributed by atoms with van der Waals surface area (Å²) in [6.45, 7) is 2.66. The molecule has 2 N–H and O–H groups in total. The summed E-state index contributed by atoms with van der Waals surface area (Å²) >= 11 is 0. The molecule has 0 radical (unpaired) electrons. The second-order valence-corrected chi connectivity index (χ2v) is 5.14. The largest absolute Gasteiger partial charge is 0.396 e. The maximum absolute atomic E-state index is 13.7. The van der Waals surface area contributed by atoms with Crippen LogP contribution in [0.5, 0.6) is 0 Å². The van der Waals surface area contributed by atoms with E-state index in [0.29, 0.717) is 29.3 Å². The Hall–Kier alpha value is -1.94. The molecule has 1 amide bonds. The van der Waals surface area contributed by atoms with Gasteiger partial charge in [-0.25, -0.2) is 4.39 Å². The quantitative estimate of drug-likeness (QED) is 0.858. The molecule has 0 aliphatic rings. The van der Waals surface area contributed by atoms with Crippen molar-refractivity contribution in [1.82, 2.24) is 5.32 Å². The van der Waals surface area contributed by atoms with Gasteiger partial charge in [-0.05, 0) is 29.9 Å². The number of nitrogens with one attached hydrogen (secondary N) is 1. The van der Waals surface area contributed by atoms with E-state index in [9.17, 15) is 9.18 Å². The number of benzene rings is 2. The molecule has 3 nitrogen and oxygen atoms in total. The van der Waals surface area contributed by atoms with Gasteiger partial charge in [0.1, 0.15) is 5.82 Å². The second kappa shape index (κ2) is 7.18. The van der Waals surface area contributed by atoms with Crippen molar-refractivity contribution in [3.63, 3.8) is 0 Å². The van der Waals surface area contributed by atoms with Crippen molar-refractivity contribution >= 4 is 16.7 Å². The molecule has 1 atom stereocenters. The van der Waals surface area contributed by atoms with Gasteiger partial charge in [0.25, 0.3) is 5.91 Å². The van der Waals surface area contributed by atoms with E-state index >= 15 is 0 Å². The number of halogens is 1. The summed E-state index contributed by atoms with van der Waals surface area (Å²) < 4.78 is 13.7. The monoisotopic (exact) mass is 289 g/mol. The zero-order valence-electron chi connectivity index (χ0n) is 12.1. The topological polar surface area (TPSA) is 49.3 Å². The van der Waals surface area contributed by atoms with Crippen LogP contribution in [0.3, 0.4) is 0 Å². The van der Waals surface area contributed by atoms with Crippen LogP contribution in [0.1, 0.15) is 30.1 Å². The van der Waals surface area contributed by atoms with Crippen LogP contribution in [-0.2, 0) is 0 Å². The lowest BCUT2D eigenvalue weighted by Crippen LogP contribution is -2.29. The van der Waals surface area contributed by atoms with Gasteiger partial charge < -0.3 is 10.4 Å². The fourth-order valence-electron chi connectivity index (χ4n) is 2.43. The maximum atomic E-state index is 13.7. The Morgan fingerprint density at radius 3 is 2.62 bits per heavy atom. The number of fused-ring (bicyclic) bond motifs is 1. The number of hydrogen-bond acceptors (Lipinski definition) is 2. The average molecular weight is 289 g/mol. The molecule has 0 fully saturated rings. The Bertz CT molecular complexity index is 627. The van der Waals surface area contributed by atoms with Gasteiger partial charge >= 0.3 is 0 Å². The Kier molecular flexibility index (Phi) is 5.28. The predicted molar refractivity (Wildman–Crippen MR) is 81.7 cm³/mol. The van der Waals surface area contributed by atoms with E-state index in [0.717, 1.165) is 6.42 Å². The first-order chi connectivity index (χ1) is 10.2. The number of rotatable bonds is 6. The molecule has 0 saturated heterocycles. The standard InChI is InChI=1S/C17H20FNO2/c1-2-12(9-10-20)11-19-17(21)15-7-8-16(18)14-6-4-3-5-13(14)15/h3-8,12,20H,2,9-11H2,1H3,(H,19,21). The second-order valence-electron chi connectivity index (χ2n) is 5.14. The highest BCUT2D eigenvalue weighted by Gasteiger charge is 2.13. The zero-order valence-corrected chi connectivity index (χ0v) is 12.1. The first-order valence-corrected chi connectivity index (χ1v) is 7.23. The number of hydrogen-bond donors (Lipinski definition) is 2. The van der Waals surface area contributed by atoms with Gasteiger partial charge in [0, 0.05) is 24.1 Å². The highest BCUT2D eigenvalue weighted by atomic mass is 19.1. The maximum Gasteiger partial charge on any atom is 0.251 e. The van der Waals surface area contributed by atoms with Crippen LogP contribution < -0.4 is 5.32 Å². The minimum absolute atomic E-state index is 0.119. The van der Waals surface area contributed by atoms with E-state index in [-0.39, 0.29) is 24.2 Å². The number of aliphatic hydroxyl groups is 1. The Balaban J connectivity index is 2.18. The van der Waals surface area contributed by atoms with Crippen LogP contribution in [0.25, 0.3) is 10.8 Å². The summed E-state index contributed by atoms with van der Waals surface area (Å²) in [5, 5.41) is 12.9. The van der Waals surface area contributed by atoms with Crippen LogP contribution in [0, 0.1) is 11.7 Å². The summed E-state index contributed by atoms with van der Waals surface area (Å²) in [5.74, 6) is -0.276. The highest BCUT2D eigenvalue weighted by molar-refractivity contribution is 6.07. The van der Waals surface area contributed by atoms with Crippen LogP contribution in [0.4, 0.5) is 4.39 Å². The van der Waals surface area contributed by atoms with E-state index in [1.54, 1.807) is 24.3 Å². The van der Waals surface area contributed by atoms with Crippen LogP contribution >= 0.6 is 0 Å². The van der Waals surface area contributed by atoms with Crippen molar-refractivity contribution in [1.29, 1.82) is 0 Å². The van der Waals surface area contributed by atoms with Gasteiger partial charge in [0.15, 0.2) is 0 Å². The number of carbonyl (C=O) groups is 1. The molecule has 0 bridgehead atoms. The molecular weight excluding hydrogens is 269 g/mol. The van der Waals surface area contributed by atoms with Gasteiger partial charge in [-0.2, -0.15) is 0 Å². The summed E-state index contributed by atoms with van der Waals surface area (Å²) in [7, 11) is 0. The minimum atomic E-state index is -0.325. The van der Waals surface area contributed by atoms with Crippen molar-refractivity contribution in [3.05, 3.63) is 47.8 Å². The normalized spacial score (nSPS) is 12.3. The molecule has 4 heteroatoms. The molecule has 0 aliphatic heterocycles. The third-order valence-corrected chi connectivity index (χ3v) is 3.78. The number of amides is 1. The first kappa shape index (κ1) is 15.4. The van der Waals surface area contributed by atoms with Crippen molar-refractivity contribution in [3.8, 4) is 0 Å². The number of carbonyl (C=O) groups excluding carboxylic acids is 1. The Morgan fingerprint density at radius 1 is 1.24 bits per heavy atom. The third-order valence-electron chi connectivity index (χ3n) is 3.78. The van der Waals surface area contributed by atoms with Gasteiger partial charge in [-0.15, -0.1) is 0 Å². The SMILES string of the molecule is CCC(CCO)CNC(=O)c1ccc(F)c2ccccc12. The zero-order chi connectivity index (χ0) is 15.2. The van der Waals surface area contributed by atoms with E-state index in [1.165, 1.54) is 12.1 Å². The molecule has 2 aromatic rings. The van der Waals surface area contributed by atoms with E-state index in [2.05, 4.69) is 5.32 Å². The van der Waals surface area contributed by atoms with Crippen LogP contribution in [0.2, 0.25) is 0 Å². The lowest BCUT2D eigenvalue weighted by atomic mass is 10.0. The molecule has 112 valence electrons. The molecule has 2 rings (SSSR count). The number of aliphatic hydroxyl groups excluding tert-OH is 1.